The highest BCUT2D eigenvalue weighted by atomic mass is 35.5. The molecule has 0 radical (unpaired) electrons. The second-order valence-electron chi connectivity index (χ2n) is 5.09. The Balaban J connectivity index is 1.96. The molecule has 21 heavy (non-hydrogen) atoms. The second-order valence-corrected chi connectivity index (χ2v) is 5.47. The van der Waals surface area contributed by atoms with E-state index in [2.05, 4.69) is 28.8 Å². The van der Waals surface area contributed by atoms with Crippen LogP contribution in [-0.2, 0) is 13.0 Å². The van der Waals surface area contributed by atoms with Crippen LogP contribution in [0.4, 0.5) is 4.39 Å². The molecule has 3 aromatic rings. The third kappa shape index (κ3) is 2.80. The van der Waals surface area contributed by atoms with Crippen LogP contribution >= 0.6 is 11.6 Å². The average Bonchev–Trinajstić information content (AvgIpc) is 2.87. The van der Waals surface area contributed by atoms with Crippen molar-refractivity contribution >= 4 is 22.5 Å². The highest BCUT2D eigenvalue weighted by Gasteiger charge is 2.08. The number of nitrogens with two attached hydrogens (primary N) is 1. The first-order valence-electron chi connectivity index (χ1n) is 6.90. The Labute approximate surface area is 127 Å². The molecular formula is C17H16ClFN2. The van der Waals surface area contributed by atoms with Crippen LogP contribution in [0.5, 0.6) is 0 Å². The van der Waals surface area contributed by atoms with Gasteiger partial charge in [-0.1, -0.05) is 29.8 Å². The van der Waals surface area contributed by atoms with Gasteiger partial charge in [0, 0.05) is 18.3 Å². The minimum atomic E-state index is -0.379. The summed E-state index contributed by atoms with van der Waals surface area (Å²) in [5.41, 5.74) is 8.70. The van der Waals surface area contributed by atoms with Crippen LogP contribution < -0.4 is 5.73 Å². The van der Waals surface area contributed by atoms with E-state index < -0.39 is 0 Å². The van der Waals surface area contributed by atoms with Gasteiger partial charge in [-0.15, -0.1) is 0 Å². The summed E-state index contributed by atoms with van der Waals surface area (Å²) in [4.78, 5) is 0. The molecule has 0 saturated heterocycles. The molecule has 0 aliphatic carbocycles. The van der Waals surface area contributed by atoms with Crippen molar-refractivity contribution in [3.63, 3.8) is 0 Å². The molecule has 1 aromatic heterocycles. The highest BCUT2D eigenvalue weighted by Crippen LogP contribution is 2.24. The largest absolute Gasteiger partial charge is 0.343 e. The van der Waals surface area contributed by atoms with Crippen LogP contribution in [0.15, 0.2) is 48.7 Å². The van der Waals surface area contributed by atoms with Crippen molar-refractivity contribution in [3.05, 3.63) is 70.6 Å². The third-order valence-corrected chi connectivity index (χ3v) is 4.06. The maximum Gasteiger partial charge on any atom is 0.142 e. The molecule has 108 valence electrons. The fourth-order valence-electron chi connectivity index (χ4n) is 2.56. The minimum Gasteiger partial charge on any atom is -0.343 e. The van der Waals surface area contributed by atoms with Gasteiger partial charge < -0.3 is 10.3 Å². The first-order chi connectivity index (χ1) is 10.2. The molecule has 2 nitrogen and oxygen atoms in total. The van der Waals surface area contributed by atoms with Crippen LogP contribution in [0.1, 0.15) is 11.1 Å². The normalized spacial score (nSPS) is 11.2. The van der Waals surface area contributed by atoms with E-state index in [0.29, 0.717) is 13.1 Å². The summed E-state index contributed by atoms with van der Waals surface area (Å²) < 4.78 is 15.6. The molecule has 0 unspecified atom stereocenters. The molecular weight excluding hydrogens is 287 g/mol. The number of aromatic nitrogens is 1. The lowest BCUT2D eigenvalue weighted by molar-refractivity contribution is 0.624. The molecule has 0 bridgehead atoms. The second kappa shape index (κ2) is 5.88. The first kappa shape index (κ1) is 14.1. The van der Waals surface area contributed by atoms with Crippen molar-refractivity contribution in [2.45, 2.75) is 13.0 Å². The molecule has 4 heteroatoms. The molecule has 1 heterocycles. The van der Waals surface area contributed by atoms with Crippen molar-refractivity contribution in [2.75, 3.05) is 6.54 Å². The van der Waals surface area contributed by atoms with Crippen LogP contribution in [0.2, 0.25) is 5.02 Å². The fraction of sp³-hybridized carbons (Fsp3) is 0.176. The lowest BCUT2D eigenvalue weighted by Gasteiger charge is -2.08. The molecule has 0 atom stereocenters. The summed E-state index contributed by atoms with van der Waals surface area (Å²) in [6.07, 6.45) is 2.87. The van der Waals surface area contributed by atoms with Crippen LogP contribution in [-0.4, -0.2) is 11.1 Å². The number of fused-ring (bicyclic) bond motifs is 1. The molecule has 0 saturated carbocycles. The minimum absolute atomic E-state index is 0.194. The maximum absolute atomic E-state index is 13.5. The van der Waals surface area contributed by atoms with E-state index in [1.807, 2.05) is 12.3 Å². The standard InChI is InChI=1S/C17H16ClFN2/c18-17-14(2-1-3-15(17)19)11-21-9-7-13-10-12(6-8-20)4-5-16(13)21/h1-5,7,9-10H,6,8,11,20H2. The molecule has 0 aliphatic rings. The first-order valence-corrected chi connectivity index (χ1v) is 7.27. The summed E-state index contributed by atoms with van der Waals surface area (Å²) in [6.45, 7) is 1.20. The Morgan fingerprint density at radius 3 is 2.81 bits per heavy atom. The zero-order valence-corrected chi connectivity index (χ0v) is 12.3. The molecule has 3 rings (SSSR count). The smallest absolute Gasteiger partial charge is 0.142 e. The Morgan fingerprint density at radius 2 is 2.00 bits per heavy atom. The maximum atomic E-state index is 13.5. The van der Waals surface area contributed by atoms with Gasteiger partial charge in [-0.3, -0.25) is 0 Å². The number of benzene rings is 2. The summed E-state index contributed by atoms with van der Waals surface area (Å²) in [6, 6.07) is 13.3. The number of nitrogens with zero attached hydrogens (tertiary/aromatic N) is 1. The van der Waals surface area contributed by atoms with E-state index in [1.54, 1.807) is 6.07 Å². The zero-order valence-electron chi connectivity index (χ0n) is 11.5. The topological polar surface area (TPSA) is 30.9 Å². The number of rotatable bonds is 4. The lowest BCUT2D eigenvalue weighted by atomic mass is 10.1. The fourth-order valence-corrected chi connectivity index (χ4v) is 2.75. The summed E-state index contributed by atoms with van der Waals surface area (Å²) in [5.74, 6) is -0.379. The van der Waals surface area contributed by atoms with E-state index in [4.69, 9.17) is 17.3 Å². The number of hydrogen-bond acceptors (Lipinski definition) is 1. The zero-order chi connectivity index (χ0) is 14.8. The van der Waals surface area contributed by atoms with E-state index in [-0.39, 0.29) is 10.8 Å². The molecule has 0 amide bonds. The number of halogens is 2. The van der Waals surface area contributed by atoms with Crippen LogP contribution in [0.25, 0.3) is 10.9 Å². The Morgan fingerprint density at radius 1 is 1.14 bits per heavy atom. The summed E-state index contributed by atoms with van der Waals surface area (Å²) in [7, 11) is 0. The molecule has 0 aliphatic heterocycles. The van der Waals surface area contributed by atoms with Gasteiger partial charge in [0.05, 0.1) is 5.02 Å². The van der Waals surface area contributed by atoms with E-state index in [9.17, 15) is 4.39 Å². The highest BCUT2D eigenvalue weighted by molar-refractivity contribution is 6.31. The van der Waals surface area contributed by atoms with Crippen molar-refractivity contribution in [1.29, 1.82) is 0 Å². The Kier molecular flexibility index (Phi) is 3.95. The molecule has 2 N–H and O–H groups in total. The van der Waals surface area contributed by atoms with Crippen molar-refractivity contribution in [3.8, 4) is 0 Å². The van der Waals surface area contributed by atoms with Gasteiger partial charge in [0.1, 0.15) is 5.82 Å². The van der Waals surface area contributed by atoms with Gasteiger partial charge in [-0.05, 0) is 53.7 Å². The lowest BCUT2D eigenvalue weighted by Crippen LogP contribution is -2.03. The molecule has 0 spiro atoms. The van der Waals surface area contributed by atoms with Crippen LogP contribution in [0, 0.1) is 5.82 Å². The van der Waals surface area contributed by atoms with Crippen molar-refractivity contribution in [2.24, 2.45) is 5.73 Å². The van der Waals surface area contributed by atoms with Gasteiger partial charge in [-0.2, -0.15) is 0 Å². The third-order valence-electron chi connectivity index (χ3n) is 3.64. The van der Waals surface area contributed by atoms with Gasteiger partial charge >= 0.3 is 0 Å². The van der Waals surface area contributed by atoms with E-state index in [1.165, 1.54) is 11.6 Å². The van der Waals surface area contributed by atoms with Gasteiger partial charge in [0.25, 0.3) is 0 Å². The summed E-state index contributed by atoms with van der Waals surface area (Å²) in [5, 5.41) is 1.35. The van der Waals surface area contributed by atoms with Crippen molar-refractivity contribution in [1.82, 2.24) is 4.57 Å². The Bertz CT molecular complexity index is 780. The Hall–Kier alpha value is -1.84. The summed E-state index contributed by atoms with van der Waals surface area (Å²) >= 11 is 6.03. The average molecular weight is 303 g/mol. The monoisotopic (exact) mass is 302 g/mol. The SMILES string of the molecule is NCCc1ccc2c(ccn2Cc2cccc(F)c2Cl)c1. The molecule has 0 fully saturated rings. The van der Waals surface area contributed by atoms with Gasteiger partial charge in [-0.25, -0.2) is 4.39 Å². The quantitative estimate of drug-likeness (QED) is 0.776. The van der Waals surface area contributed by atoms with E-state index >= 15 is 0 Å². The predicted molar refractivity (Wildman–Crippen MR) is 85.2 cm³/mol. The van der Waals surface area contributed by atoms with E-state index in [0.717, 1.165) is 22.9 Å². The van der Waals surface area contributed by atoms with Crippen molar-refractivity contribution < 1.29 is 4.39 Å². The molecule has 2 aromatic carbocycles. The number of hydrogen-bond donors (Lipinski definition) is 1. The van der Waals surface area contributed by atoms with Crippen LogP contribution in [0.3, 0.4) is 0 Å². The van der Waals surface area contributed by atoms with Gasteiger partial charge in [0.15, 0.2) is 0 Å². The predicted octanol–water partition coefficient (Wildman–Crippen LogP) is 3.98. The van der Waals surface area contributed by atoms with Gasteiger partial charge in [0.2, 0.25) is 0 Å².